The molecule has 10 nitrogen and oxygen atoms in total. The molecule has 0 radical (unpaired) electrons. The Morgan fingerprint density at radius 3 is 2.30 bits per heavy atom. The van der Waals surface area contributed by atoms with Crippen molar-refractivity contribution in [3.8, 4) is 5.75 Å². The zero-order valence-electron chi connectivity index (χ0n) is 19.1. The molecule has 0 spiro atoms. The van der Waals surface area contributed by atoms with Crippen LogP contribution in [0.5, 0.6) is 5.75 Å². The van der Waals surface area contributed by atoms with Crippen molar-refractivity contribution in [2.45, 2.75) is 43.1 Å². The largest absolute Gasteiger partial charge is 0.497 e. The molecule has 2 atom stereocenters. The summed E-state index contributed by atoms with van der Waals surface area (Å²) in [5.41, 5.74) is 6.19. The van der Waals surface area contributed by atoms with Gasteiger partial charge in [-0.05, 0) is 41.8 Å². The highest BCUT2D eigenvalue weighted by Crippen LogP contribution is 2.26. The predicted octanol–water partition coefficient (Wildman–Crippen LogP) is 1.44. The summed E-state index contributed by atoms with van der Waals surface area (Å²) in [6, 6.07) is 7.72. The number of aromatic nitrogens is 1. The molecule has 1 heterocycles. The Hall–Kier alpha value is -3.02. The summed E-state index contributed by atoms with van der Waals surface area (Å²) in [4.78, 5) is 30.2. The fourth-order valence-electron chi connectivity index (χ4n) is 3.37. The van der Waals surface area contributed by atoms with Crippen molar-refractivity contribution in [3.63, 3.8) is 0 Å². The van der Waals surface area contributed by atoms with Crippen LogP contribution in [-0.4, -0.2) is 66.0 Å². The number of primary amides is 1. The van der Waals surface area contributed by atoms with Gasteiger partial charge in [-0.25, -0.2) is 8.42 Å². The molecule has 0 bridgehead atoms. The fraction of sp³-hybridized carbons (Fsp3) is 0.409. The number of hydroxylamine groups is 2. The van der Waals surface area contributed by atoms with Crippen LogP contribution in [0, 0.1) is 5.92 Å². The number of methoxy groups -OCH3 is 1. The number of carbonyl (C=O) groups is 2. The zero-order valence-corrected chi connectivity index (χ0v) is 19.9. The van der Waals surface area contributed by atoms with Gasteiger partial charge < -0.3 is 20.6 Å². The number of hydrogen-bond donors (Lipinski definition) is 2. The molecule has 11 heteroatoms. The van der Waals surface area contributed by atoms with Gasteiger partial charge >= 0.3 is 0 Å². The van der Waals surface area contributed by atoms with Gasteiger partial charge in [-0.3, -0.25) is 14.6 Å². The van der Waals surface area contributed by atoms with E-state index in [0.29, 0.717) is 10.8 Å². The standard InChI is InChI=1S/C22H30N4O6S/c1-15(2)21(22(23)28)26(29)20(33(30,31)18-9-7-17(32-4)8-10-18)12-19(27)25(3)14-16-6-5-11-24-13-16/h5-11,13,15,20-21,29H,12,14H2,1-4H3,(H2,23,28)/t20?,21-/m1/s1. The minimum Gasteiger partial charge on any atom is -0.497 e. The van der Waals surface area contributed by atoms with Crippen LogP contribution in [0.2, 0.25) is 0 Å². The lowest BCUT2D eigenvalue weighted by Crippen LogP contribution is -2.54. The number of carbonyl (C=O) groups excluding carboxylic acids is 2. The minimum absolute atomic E-state index is 0.137. The molecule has 0 aliphatic rings. The van der Waals surface area contributed by atoms with E-state index in [9.17, 15) is 23.2 Å². The first-order valence-corrected chi connectivity index (χ1v) is 11.8. The average molecular weight is 479 g/mol. The number of ether oxygens (including phenoxy) is 1. The molecule has 180 valence electrons. The van der Waals surface area contributed by atoms with E-state index in [1.165, 1.54) is 43.3 Å². The number of nitrogens with two attached hydrogens (primary N) is 1. The molecule has 2 aromatic rings. The molecule has 33 heavy (non-hydrogen) atoms. The molecule has 3 N–H and O–H groups in total. The van der Waals surface area contributed by atoms with E-state index in [1.54, 1.807) is 38.4 Å². The molecule has 1 unspecified atom stereocenters. The minimum atomic E-state index is -4.29. The van der Waals surface area contributed by atoms with Crippen molar-refractivity contribution in [3.05, 3.63) is 54.4 Å². The Morgan fingerprint density at radius 1 is 1.18 bits per heavy atom. The van der Waals surface area contributed by atoms with Crippen LogP contribution in [0.4, 0.5) is 0 Å². The summed E-state index contributed by atoms with van der Waals surface area (Å²) in [6.07, 6.45) is 2.59. The third kappa shape index (κ3) is 6.50. The maximum absolute atomic E-state index is 13.5. The lowest BCUT2D eigenvalue weighted by atomic mass is 10.0. The molecule has 0 aliphatic heterocycles. The Balaban J connectivity index is 2.40. The van der Waals surface area contributed by atoms with Crippen molar-refractivity contribution in [2.24, 2.45) is 11.7 Å². The number of hydrogen-bond acceptors (Lipinski definition) is 8. The Morgan fingerprint density at radius 2 is 1.82 bits per heavy atom. The van der Waals surface area contributed by atoms with Crippen molar-refractivity contribution in [1.82, 2.24) is 14.9 Å². The predicted molar refractivity (Wildman–Crippen MR) is 121 cm³/mol. The number of amides is 2. The highest BCUT2D eigenvalue weighted by molar-refractivity contribution is 7.92. The van der Waals surface area contributed by atoms with E-state index in [0.717, 1.165) is 5.56 Å². The summed E-state index contributed by atoms with van der Waals surface area (Å²) >= 11 is 0. The molecular weight excluding hydrogens is 448 g/mol. The third-order valence-corrected chi connectivity index (χ3v) is 7.19. The van der Waals surface area contributed by atoms with Crippen molar-refractivity contribution in [1.29, 1.82) is 0 Å². The molecular formula is C22H30N4O6S. The molecule has 0 fully saturated rings. The van der Waals surface area contributed by atoms with Gasteiger partial charge in [0.1, 0.15) is 11.8 Å². The highest BCUT2D eigenvalue weighted by Gasteiger charge is 2.41. The number of nitrogens with zero attached hydrogens (tertiary/aromatic N) is 3. The van der Waals surface area contributed by atoms with Crippen molar-refractivity contribution in [2.75, 3.05) is 14.2 Å². The van der Waals surface area contributed by atoms with Gasteiger partial charge in [0.25, 0.3) is 0 Å². The zero-order chi connectivity index (χ0) is 24.8. The summed E-state index contributed by atoms with van der Waals surface area (Å²) in [6.45, 7) is 3.43. The van der Waals surface area contributed by atoms with Crippen LogP contribution in [-0.2, 0) is 26.0 Å². The van der Waals surface area contributed by atoms with Crippen LogP contribution in [0.15, 0.2) is 53.7 Å². The van der Waals surface area contributed by atoms with Crippen LogP contribution in [0.3, 0.4) is 0 Å². The normalized spacial score (nSPS) is 13.5. The smallest absolute Gasteiger partial charge is 0.237 e. The maximum atomic E-state index is 13.5. The van der Waals surface area contributed by atoms with E-state index in [1.807, 2.05) is 0 Å². The first-order chi connectivity index (χ1) is 15.5. The molecule has 2 amide bonds. The second-order valence-corrected chi connectivity index (χ2v) is 10.1. The monoisotopic (exact) mass is 478 g/mol. The average Bonchev–Trinajstić information content (AvgIpc) is 2.77. The van der Waals surface area contributed by atoms with Gasteiger partial charge in [-0.1, -0.05) is 19.9 Å². The van der Waals surface area contributed by atoms with Gasteiger partial charge in [0, 0.05) is 26.0 Å². The third-order valence-electron chi connectivity index (χ3n) is 5.17. The number of rotatable bonds is 11. The topological polar surface area (TPSA) is 143 Å². The van der Waals surface area contributed by atoms with E-state index in [2.05, 4.69) is 4.98 Å². The lowest BCUT2D eigenvalue weighted by Gasteiger charge is -2.33. The lowest BCUT2D eigenvalue weighted by molar-refractivity contribution is -0.169. The number of sulfone groups is 1. The first kappa shape index (κ1) is 26.2. The summed E-state index contributed by atoms with van der Waals surface area (Å²) in [7, 11) is -1.33. The molecule has 1 aromatic carbocycles. The van der Waals surface area contributed by atoms with Crippen molar-refractivity contribution < 1.29 is 28.0 Å². The summed E-state index contributed by atoms with van der Waals surface area (Å²) in [5, 5.41) is 9.53. The second-order valence-electron chi connectivity index (χ2n) is 7.96. The van der Waals surface area contributed by atoms with E-state index >= 15 is 0 Å². The van der Waals surface area contributed by atoms with Crippen molar-refractivity contribution >= 4 is 21.7 Å². The fourth-order valence-corrected chi connectivity index (χ4v) is 4.98. The maximum Gasteiger partial charge on any atom is 0.237 e. The highest BCUT2D eigenvalue weighted by atomic mass is 32.2. The van der Waals surface area contributed by atoms with Gasteiger partial charge in [0.05, 0.1) is 18.4 Å². The second kappa shape index (κ2) is 11.2. The van der Waals surface area contributed by atoms with E-state index in [-0.39, 0.29) is 11.4 Å². The molecule has 0 saturated carbocycles. The van der Waals surface area contributed by atoms with Gasteiger partial charge in [-0.2, -0.15) is 5.06 Å². The Bertz CT molecular complexity index is 1040. The summed E-state index contributed by atoms with van der Waals surface area (Å²) in [5.74, 6) is -1.52. The number of pyridine rings is 1. The molecule has 2 rings (SSSR count). The van der Waals surface area contributed by atoms with Gasteiger partial charge in [-0.15, -0.1) is 0 Å². The molecule has 0 aliphatic carbocycles. The molecule has 0 saturated heterocycles. The van der Waals surface area contributed by atoms with E-state index < -0.39 is 45.4 Å². The first-order valence-electron chi connectivity index (χ1n) is 10.3. The van der Waals surface area contributed by atoms with Crippen LogP contribution < -0.4 is 10.5 Å². The van der Waals surface area contributed by atoms with Crippen LogP contribution in [0.1, 0.15) is 25.8 Å². The Kier molecular flexibility index (Phi) is 8.91. The van der Waals surface area contributed by atoms with E-state index in [4.69, 9.17) is 10.5 Å². The van der Waals surface area contributed by atoms with Gasteiger partial charge in [0.15, 0.2) is 15.2 Å². The Labute approximate surface area is 193 Å². The van der Waals surface area contributed by atoms with Crippen LogP contribution >= 0.6 is 0 Å². The van der Waals surface area contributed by atoms with Gasteiger partial charge in [0.2, 0.25) is 11.8 Å². The SMILES string of the molecule is COc1ccc(S(=O)(=O)C(CC(=O)N(C)Cc2cccnc2)N(O)[C@@H](C(N)=O)C(C)C)cc1. The summed E-state index contributed by atoms with van der Waals surface area (Å²) < 4.78 is 32.0. The van der Waals surface area contributed by atoms with Crippen LogP contribution in [0.25, 0.3) is 0 Å². The quantitative estimate of drug-likeness (QED) is 0.462. The molecule has 1 aromatic heterocycles. The number of benzene rings is 1.